The van der Waals surface area contributed by atoms with Crippen molar-refractivity contribution in [1.82, 2.24) is 0 Å². The maximum absolute atomic E-state index is 13.4. The van der Waals surface area contributed by atoms with E-state index in [1.54, 1.807) is 25.3 Å². The number of halogens is 2. The van der Waals surface area contributed by atoms with E-state index in [4.69, 9.17) is 4.74 Å². The monoisotopic (exact) mass is 324 g/mol. The SMILES string of the molecule is COc1ccc(C(O)c2cc(F)cc(Br)c2)c(C)c1. The Morgan fingerprint density at radius 1 is 1.21 bits per heavy atom. The molecule has 1 atom stereocenters. The molecular formula is C15H14BrFO2. The van der Waals surface area contributed by atoms with Crippen LogP contribution in [0.1, 0.15) is 22.8 Å². The Morgan fingerprint density at radius 3 is 2.53 bits per heavy atom. The third kappa shape index (κ3) is 3.14. The molecule has 0 aromatic heterocycles. The van der Waals surface area contributed by atoms with Crippen LogP contribution in [0.4, 0.5) is 4.39 Å². The lowest BCUT2D eigenvalue weighted by Gasteiger charge is -2.15. The lowest BCUT2D eigenvalue weighted by atomic mass is 9.97. The van der Waals surface area contributed by atoms with Gasteiger partial charge in [-0.15, -0.1) is 0 Å². The molecule has 2 rings (SSSR count). The number of benzene rings is 2. The Balaban J connectivity index is 2.40. The van der Waals surface area contributed by atoms with Crippen molar-refractivity contribution in [1.29, 1.82) is 0 Å². The molecule has 1 N–H and O–H groups in total. The highest BCUT2D eigenvalue weighted by Gasteiger charge is 2.15. The van der Waals surface area contributed by atoms with Crippen LogP contribution >= 0.6 is 15.9 Å². The summed E-state index contributed by atoms with van der Waals surface area (Å²) in [4.78, 5) is 0. The molecule has 2 aromatic rings. The fourth-order valence-electron chi connectivity index (χ4n) is 1.99. The summed E-state index contributed by atoms with van der Waals surface area (Å²) in [5.41, 5.74) is 2.14. The van der Waals surface area contributed by atoms with Crippen molar-refractivity contribution in [3.05, 3.63) is 63.4 Å². The molecule has 0 aliphatic heterocycles. The molecule has 100 valence electrons. The van der Waals surface area contributed by atoms with Crippen LogP contribution in [-0.2, 0) is 0 Å². The van der Waals surface area contributed by atoms with E-state index in [-0.39, 0.29) is 5.82 Å². The summed E-state index contributed by atoms with van der Waals surface area (Å²) in [5.74, 6) is 0.350. The minimum absolute atomic E-state index is 0.380. The Kier molecular flexibility index (Phi) is 4.22. The van der Waals surface area contributed by atoms with E-state index in [1.165, 1.54) is 12.1 Å². The van der Waals surface area contributed by atoms with Crippen molar-refractivity contribution >= 4 is 15.9 Å². The highest BCUT2D eigenvalue weighted by Crippen LogP contribution is 2.29. The molecule has 1 unspecified atom stereocenters. The number of ether oxygens (including phenoxy) is 1. The number of aliphatic hydroxyl groups is 1. The van der Waals surface area contributed by atoms with Gasteiger partial charge in [0.2, 0.25) is 0 Å². The summed E-state index contributed by atoms with van der Waals surface area (Å²) in [5, 5.41) is 10.4. The van der Waals surface area contributed by atoms with Gasteiger partial charge in [0.15, 0.2) is 0 Å². The second-order valence-electron chi connectivity index (χ2n) is 4.33. The van der Waals surface area contributed by atoms with Crippen LogP contribution in [0.3, 0.4) is 0 Å². The minimum Gasteiger partial charge on any atom is -0.497 e. The van der Waals surface area contributed by atoms with E-state index < -0.39 is 6.10 Å². The van der Waals surface area contributed by atoms with Gasteiger partial charge in [0, 0.05) is 4.47 Å². The van der Waals surface area contributed by atoms with Crippen LogP contribution in [0.25, 0.3) is 0 Å². The van der Waals surface area contributed by atoms with Gasteiger partial charge in [-0.2, -0.15) is 0 Å². The van der Waals surface area contributed by atoms with Crippen LogP contribution < -0.4 is 4.74 Å². The molecule has 19 heavy (non-hydrogen) atoms. The zero-order valence-corrected chi connectivity index (χ0v) is 12.2. The van der Waals surface area contributed by atoms with Gasteiger partial charge in [0.1, 0.15) is 17.7 Å². The van der Waals surface area contributed by atoms with Crippen molar-refractivity contribution in [2.24, 2.45) is 0 Å². The van der Waals surface area contributed by atoms with Gasteiger partial charge in [-0.05, 0) is 53.9 Å². The Hall–Kier alpha value is -1.39. The molecule has 0 radical (unpaired) electrons. The normalized spacial score (nSPS) is 12.3. The molecule has 0 bridgehead atoms. The van der Waals surface area contributed by atoms with E-state index in [9.17, 15) is 9.50 Å². The number of aliphatic hydroxyl groups excluding tert-OH is 1. The lowest BCUT2D eigenvalue weighted by Crippen LogP contribution is -2.03. The predicted octanol–water partition coefficient (Wildman–Crippen LogP) is 3.99. The Bertz CT molecular complexity index is 578. The summed E-state index contributed by atoms with van der Waals surface area (Å²) in [6, 6.07) is 9.80. The maximum atomic E-state index is 13.4. The van der Waals surface area contributed by atoms with Crippen molar-refractivity contribution in [2.75, 3.05) is 7.11 Å². The highest BCUT2D eigenvalue weighted by molar-refractivity contribution is 9.10. The average Bonchev–Trinajstić information content (AvgIpc) is 2.36. The molecule has 2 aromatic carbocycles. The second kappa shape index (κ2) is 5.72. The van der Waals surface area contributed by atoms with Crippen molar-refractivity contribution < 1.29 is 14.2 Å². The first kappa shape index (κ1) is 14.0. The first-order valence-electron chi connectivity index (χ1n) is 5.80. The third-order valence-electron chi connectivity index (χ3n) is 2.97. The summed E-state index contributed by atoms with van der Waals surface area (Å²) in [6.07, 6.45) is -0.863. The van der Waals surface area contributed by atoms with Gasteiger partial charge in [-0.3, -0.25) is 0 Å². The summed E-state index contributed by atoms with van der Waals surface area (Å²) in [6.45, 7) is 1.88. The van der Waals surface area contributed by atoms with Crippen LogP contribution in [0, 0.1) is 12.7 Å². The number of aryl methyl sites for hydroxylation is 1. The van der Waals surface area contributed by atoms with Crippen molar-refractivity contribution in [3.8, 4) is 5.75 Å². The topological polar surface area (TPSA) is 29.5 Å². The smallest absolute Gasteiger partial charge is 0.124 e. The molecule has 0 amide bonds. The fourth-order valence-corrected chi connectivity index (χ4v) is 2.48. The van der Waals surface area contributed by atoms with Gasteiger partial charge in [-0.1, -0.05) is 22.0 Å². The van der Waals surface area contributed by atoms with Crippen LogP contribution in [-0.4, -0.2) is 12.2 Å². The van der Waals surface area contributed by atoms with Gasteiger partial charge in [-0.25, -0.2) is 4.39 Å². The van der Waals surface area contributed by atoms with Gasteiger partial charge >= 0.3 is 0 Å². The average molecular weight is 325 g/mol. The zero-order chi connectivity index (χ0) is 14.0. The third-order valence-corrected chi connectivity index (χ3v) is 3.43. The van der Waals surface area contributed by atoms with Crippen LogP contribution in [0.5, 0.6) is 5.75 Å². The van der Waals surface area contributed by atoms with Gasteiger partial charge in [0.05, 0.1) is 7.11 Å². The van der Waals surface area contributed by atoms with Crippen LogP contribution in [0.15, 0.2) is 40.9 Å². The number of hydrogen-bond donors (Lipinski definition) is 1. The molecule has 4 heteroatoms. The van der Waals surface area contributed by atoms with Crippen molar-refractivity contribution in [2.45, 2.75) is 13.0 Å². The largest absolute Gasteiger partial charge is 0.497 e. The Morgan fingerprint density at radius 2 is 1.95 bits per heavy atom. The molecular weight excluding hydrogens is 311 g/mol. The summed E-state index contributed by atoms with van der Waals surface area (Å²) >= 11 is 3.22. The highest BCUT2D eigenvalue weighted by atomic mass is 79.9. The maximum Gasteiger partial charge on any atom is 0.124 e. The summed E-state index contributed by atoms with van der Waals surface area (Å²) < 4.78 is 19.1. The molecule has 0 aliphatic carbocycles. The van der Waals surface area contributed by atoms with E-state index in [1.807, 2.05) is 13.0 Å². The standard InChI is InChI=1S/C15H14BrFO2/c1-9-5-13(19-2)3-4-14(9)15(18)10-6-11(16)8-12(17)7-10/h3-8,15,18H,1-2H3. The molecule has 0 heterocycles. The number of methoxy groups -OCH3 is 1. The number of hydrogen-bond acceptors (Lipinski definition) is 2. The lowest BCUT2D eigenvalue weighted by molar-refractivity contribution is 0.219. The van der Waals surface area contributed by atoms with E-state index in [0.717, 1.165) is 16.9 Å². The van der Waals surface area contributed by atoms with Crippen molar-refractivity contribution in [3.63, 3.8) is 0 Å². The minimum atomic E-state index is -0.863. The zero-order valence-electron chi connectivity index (χ0n) is 10.7. The second-order valence-corrected chi connectivity index (χ2v) is 5.24. The molecule has 0 fully saturated rings. The van der Waals surface area contributed by atoms with E-state index >= 15 is 0 Å². The van der Waals surface area contributed by atoms with E-state index in [2.05, 4.69) is 15.9 Å². The quantitative estimate of drug-likeness (QED) is 0.925. The predicted molar refractivity (Wildman–Crippen MR) is 75.9 cm³/mol. The molecule has 0 aliphatic rings. The van der Waals surface area contributed by atoms with Gasteiger partial charge in [0.25, 0.3) is 0 Å². The summed E-state index contributed by atoms with van der Waals surface area (Å²) in [7, 11) is 1.59. The fraction of sp³-hybridized carbons (Fsp3) is 0.200. The Labute approximate surface area is 120 Å². The molecule has 0 saturated carbocycles. The first-order valence-corrected chi connectivity index (χ1v) is 6.59. The first-order chi connectivity index (χ1) is 9.01. The molecule has 0 saturated heterocycles. The van der Waals surface area contributed by atoms with E-state index in [0.29, 0.717) is 10.0 Å². The van der Waals surface area contributed by atoms with Gasteiger partial charge < -0.3 is 9.84 Å². The number of rotatable bonds is 3. The molecule has 0 spiro atoms. The van der Waals surface area contributed by atoms with Crippen LogP contribution in [0.2, 0.25) is 0 Å². The molecule has 2 nitrogen and oxygen atoms in total.